The van der Waals surface area contributed by atoms with Crippen molar-refractivity contribution in [2.75, 3.05) is 19.6 Å². The van der Waals surface area contributed by atoms with Gasteiger partial charge >= 0.3 is 0 Å². The van der Waals surface area contributed by atoms with Crippen LogP contribution in [0.2, 0.25) is 0 Å². The second-order valence-electron chi connectivity index (χ2n) is 6.34. The molecule has 2 aliphatic rings. The predicted octanol–water partition coefficient (Wildman–Crippen LogP) is 2.63. The van der Waals surface area contributed by atoms with Crippen molar-refractivity contribution in [2.45, 2.75) is 57.9 Å². The zero-order valence-corrected chi connectivity index (χ0v) is 11.0. The molecule has 2 atom stereocenters. The molecule has 2 fully saturated rings. The number of nitrogens with two attached hydrogens (primary N) is 1. The van der Waals surface area contributed by atoms with Crippen molar-refractivity contribution in [1.82, 2.24) is 4.90 Å². The Bertz CT molecular complexity index is 225. The lowest BCUT2D eigenvalue weighted by atomic mass is 9.77. The molecule has 0 aromatic heterocycles. The zero-order chi connectivity index (χ0) is 11.6. The van der Waals surface area contributed by atoms with Crippen LogP contribution in [0.15, 0.2) is 0 Å². The van der Waals surface area contributed by atoms with Crippen LogP contribution in [0.1, 0.15) is 52.4 Å². The largest absolute Gasteiger partial charge is 0.324 e. The fourth-order valence-electron chi connectivity index (χ4n) is 3.26. The Labute approximate surface area is 101 Å². The molecule has 2 rings (SSSR count). The first-order valence-electron chi connectivity index (χ1n) is 7.12. The summed E-state index contributed by atoms with van der Waals surface area (Å²) in [7, 11) is 0. The maximum Gasteiger partial charge on any atom is 0.0285 e. The highest BCUT2D eigenvalue weighted by Crippen LogP contribution is 2.33. The van der Waals surface area contributed by atoms with E-state index in [1.54, 1.807) is 0 Å². The maximum atomic E-state index is 6.58. The van der Waals surface area contributed by atoms with E-state index < -0.39 is 0 Å². The number of likely N-dealkylation sites (N-methyl/N-ethyl adjacent to an activating group) is 1. The lowest BCUT2D eigenvalue weighted by Gasteiger charge is -2.40. The first-order valence-corrected chi connectivity index (χ1v) is 7.12. The fraction of sp³-hybridized carbons (Fsp3) is 1.00. The third-order valence-corrected chi connectivity index (χ3v) is 4.33. The van der Waals surface area contributed by atoms with Gasteiger partial charge in [0.05, 0.1) is 0 Å². The Morgan fingerprint density at radius 1 is 1.31 bits per heavy atom. The van der Waals surface area contributed by atoms with E-state index in [0.717, 1.165) is 18.4 Å². The van der Waals surface area contributed by atoms with E-state index in [-0.39, 0.29) is 5.54 Å². The van der Waals surface area contributed by atoms with Gasteiger partial charge in [0.2, 0.25) is 0 Å². The molecule has 2 heteroatoms. The Balaban J connectivity index is 1.84. The molecule has 2 unspecified atom stereocenters. The highest BCUT2D eigenvalue weighted by atomic mass is 15.1. The topological polar surface area (TPSA) is 29.3 Å². The molecule has 2 saturated carbocycles. The standard InChI is InChI=1S/C14H28N2/c1-3-16(10-13-6-7-13)11-14(15)8-4-5-12(2)9-14/h12-13H,3-11,15H2,1-2H3. The number of rotatable bonds is 5. The number of nitrogens with zero attached hydrogens (tertiary/aromatic N) is 1. The van der Waals surface area contributed by atoms with Crippen LogP contribution in [0.4, 0.5) is 0 Å². The molecule has 0 aromatic carbocycles. The maximum absolute atomic E-state index is 6.58. The van der Waals surface area contributed by atoms with Gasteiger partial charge in [-0.3, -0.25) is 0 Å². The highest BCUT2D eigenvalue weighted by molar-refractivity contribution is 4.93. The van der Waals surface area contributed by atoms with Gasteiger partial charge in [0.1, 0.15) is 0 Å². The van der Waals surface area contributed by atoms with Gasteiger partial charge < -0.3 is 10.6 Å². The molecule has 94 valence electrons. The minimum absolute atomic E-state index is 0.114. The molecule has 2 aliphatic carbocycles. The summed E-state index contributed by atoms with van der Waals surface area (Å²) in [6.45, 7) is 8.23. The van der Waals surface area contributed by atoms with Crippen molar-refractivity contribution in [2.24, 2.45) is 17.6 Å². The predicted molar refractivity (Wildman–Crippen MR) is 69.4 cm³/mol. The molecule has 0 bridgehead atoms. The molecule has 2 N–H and O–H groups in total. The molecule has 0 radical (unpaired) electrons. The quantitative estimate of drug-likeness (QED) is 0.778. The molecule has 0 saturated heterocycles. The van der Waals surface area contributed by atoms with Gasteiger partial charge in [-0.25, -0.2) is 0 Å². The van der Waals surface area contributed by atoms with Gasteiger partial charge in [-0.1, -0.05) is 26.7 Å². The normalized spacial score (nSPS) is 35.6. The van der Waals surface area contributed by atoms with Crippen LogP contribution in [-0.4, -0.2) is 30.1 Å². The van der Waals surface area contributed by atoms with E-state index in [0.29, 0.717) is 0 Å². The van der Waals surface area contributed by atoms with E-state index in [9.17, 15) is 0 Å². The van der Waals surface area contributed by atoms with Crippen LogP contribution in [0.25, 0.3) is 0 Å². The molecular weight excluding hydrogens is 196 g/mol. The Hall–Kier alpha value is -0.0800. The summed E-state index contributed by atoms with van der Waals surface area (Å²) in [5.41, 5.74) is 6.69. The molecule has 16 heavy (non-hydrogen) atoms. The third kappa shape index (κ3) is 3.46. The molecular formula is C14H28N2. The van der Waals surface area contributed by atoms with E-state index >= 15 is 0 Å². The van der Waals surface area contributed by atoms with Crippen molar-refractivity contribution in [3.8, 4) is 0 Å². The summed E-state index contributed by atoms with van der Waals surface area (Å²) in [5, 5.41) is 0. The Morgan fingerprint density at radius 2 is 2.06 bits per heavy atom. The van der Waals surface area contributed by atoms with Crippen LogP contribution in [0.3, 0.4) is 0 Å². The summed E-state index contributed by atoms with van der Waals surface area (Å²) < 4.78 is 0. The van der Waals surface area contributed by atoms with Crippen LogP contribution >= 0.6 is 0 Å². The van der Waals surface area contributed by atoms with Crippen LogP contribution in [0.5, 0.6) is 0 Å². The van der Waals surface area contributed by atoms with Gasteiger partial charge in [-0.05, 0) is 44.1 Å². The minimum Gasteiger partial charge on any atom is -0.324 e. The molecule has 0 amide bonds. The summed E-state index contributed by atoms with van der Waals surface area (Å²) in [4.78, 5) is 2.59. The van der Waals surface area contributed by atoms with E-state index in [1.807, 2.05) is 0 Å². The van der Waals surface area contributed by atoms with Gasteiger partial charge in [-0.2, -0.15) is 0 Å². The third-order valence-electron chi connectivity index (χ3n) is 4.33. The minimum atomic E-state index is 0.114. The van der Waals surface area contributed by atoms with E-state index in [4.69, 9.17) is 5.73 Å². The number of hydrogen-bond donors (Lipinski definition) is 1. The number of hydrogen-bond acceptors (Lipinski definition) is 2. The monoisotopic (exact) mass is 224 g/mol. The lowest BCUT2D eigenvalue weighted by Crippen LogP contribution is -2.53. The molecule has 0 spiro atoms. The molecule has 2 nitrogen and oxygen atoms in total. The van der Waals surface area contributed by atoms with Crippen molar-refractivity contribution < 1.29 is 0 Å². The van der Waals surface area contributed by atoms with Crippen molar-refractivity contribution >= 4 is 0 Å². The van der Waals surface area contributed by atoms with Crippen LogP contribution in [-0.2, 0) is 0 Å². The van der Waals surface area contributed by atoms with Crippen LogP contribution in [0, 0.1) is 11.8 Å². The first-order chi connectivity index (χ1) is 7.61. The highest BCUT2D eigenvalue weighted by Gasteiger charge is 2.33. The fourth-order valence-corrected chi connectivity index (χ4v) is 3.26. The van der Waals surface area contributed by atoms with Gasteiger partial charge in [-0.15, -0.1) is 0 Å². The van der Waals surface area contributed by atoms with E-state index in [2.05, 4.69) is 18.7 Å². The van der Waals surface area contributed by atoms with Crippen LogP contribution < -0.4 is 5.73 Å². The zero-order valence-electron chi connectivity index (χ0n) is 11.0. The van der Waals surface area contributed by atoms with Crippen molar-refractivity contribution in [1.29, 1.82) is 0 Å². The second-order valence-corrected chi connectivity index (χ2v) is 6.34. The summed E-state index contributed by atoms with van der Waals surface area (Å²) in [5.74, 6) is 1.82. The molecule has 0 aromatic rings. The summed E-state index contributed by atoms with van der Waals surface area (Å²) >= 11 is 0. The molecule has 0 aliphatic heterocycles. The first kappa shape index (κ1) is 12.4. The van der Waals surface area contributed by atoms with Gasteiger partial charge in [0, 0.05) is 18.6 Å². The van der Waals surface area contributed by atoms with Crippen molar-refractivity contribution in [3.05, 3.63) is 0 Å². The second kappa shape index (κ2) is 5.05. The summed E-state index contributed by atoms with van der Waals surface area (Å²) in [6, 6.07) is 0. The van der Waals surface area contributed by atoms with Gasteiger partial charge in [0.15, 0.2) is 0 Å². The average Bonchev–Trinajstić information content (AvgIpc) is 3.00. The van der Waals surface area contributed by atoms with Crippen molar-refractivity contribution in [3.63, 3.8) is 0 Å². The summed E-state index contributed by atoms with van der Waals surface area (Å²) in [6.07, 6.45) is 8.08. The smallest absolute Gasteiger partial charge is 0.0285 e. The SMILES string of the molecule is CCN(CC1CC1)CC1(N)CCCC(C)C1. The lowest BCUT2D eigenvalue weighted by molar-refractivity contribution is 0.150. The van der Waals surface area contributed by atoms with Gasteiger partial charge in [0.25, 0.3) is 0 Å². The molecule has 0 heterocycles. The Kier molecular flexibility index (Phi) is 3.91. The van der Waals surface area contributed by atoms with E-state index in [1.165, 1.54) is 51.6 Å². The Morgan fingerprint density at radius 3 is 2.62 bits per heavy atom. The average molecular weight is 224 g/mol.